The Morgan fingerprint density at radius 3 is 2.50 bits per heavy atom. The largest absolute Gasteiger partial charge is 0.497 e. The van der Waals surface area contributed by atoms with Crippen LogP contribution >= 0.6 is 0 Å². The molecular formula is C22H28N4O2. The van der Waals surface area contributed by atoms with Gasteiger partial charge in [0.05, 0.1) is 7.11 Å². The lowest BCUT2D eigenvalue weighted by Gasteiger charge is -2.22. The average molecular weight is 380 g/mol. The highest BCUT2D eigenvalue weighted by molar-refractivity contribution is 5.94. The van der Waals surface area contributed by atoms with Gasteiger partial charge in [-0.05, 0) is 36.2 Å². The summed E-state index contributed by atoms with van der Waals surface area (Å²) in [7, 11) is 3.41. The Labute approximate surface area is 166 Å². The second-order valence-electron chi connectivity index (χ2n) is 6.80. The minimum absolute atomic E-state index is 0.0928. The van der Waals surface area contributed by atoms with Gasteiger partial charge in [0.15, 0.2) is 5.96 Å². The number of benzene rings is 2. The van der Waals surface area contributed by atoms with Crippen molar-refractivity contribution in [3.63, 3.8) is 0 Å². The third-order valence-corrected chi connectivity index (χ3v) is 5.02. The minimum atomic E-state index is -0.0928. The summed E-state index contributed by atoms with van der Waals surface area (Å²) in [5, 5.41) is 6.27. The molecule has 0 aromatic heterocycles. The van der Waals surface area contributed by atoms with Gasteiger partial charge in [-0.3, -0.25) is 9.79 Å². The molecule has 2 aromatic carbocycles. The molecule has 1 amide bonds. The standard InChI is InChI=1S/C22H28N4O2/c1-23-22(26-15-12-19(16-26)17-6-4-3-5-7-17)25-14-13-24-21(27)18-8-10-20(28-2)11-9-18/h3-11,19H,12-16H2,1-2H3,(H,23,25)(H,24,27). The van der Waals surface area contributed by atoms with Crippen molar-refractivity contribution < 1.29 is 9.53 Å². The summed E-state index contributed by atoms with van der Waals surface area (Å²) in [6.07, 6.45) is 1.12. The van der Waals surface area contributed by atoms with Gasteiger partial charge in [-0.2, -0.15) is 0 Å². The number of carbonyl (C=O) groups is 1. The van der Waals surface area contributed by atoms with Crippen LogP contribution in [-0.2, 0) is 0 Å². The highest BCUT2D eigenvalue weighted by atomic mass is 16.5. The molecule has 6 nitrogen and oxygen atoms in total. The molecule has 3 rings (SSSR count). The zero-order valence-corrected chi connectivity index (χ0v) is 16.5. The molecule has 0 aliphatic carbocycles. The van der Waals surface area contributed by atoms with Crippen molar-refractivity contribution in [2.75, 3.05) is 40.3 Å². The molecule has 1 aliphatic heterocycles. The van der Waals surface area contributed by atoms with Crippen molar-refractivity contribution in [1.29, 1.82) is 0 Å². The Kier molecular flexibility index (Phi) is 6.89. The van der Waals surface area contributed by atoms with Gasteiger partial charge in [0.25, 0.3) is 5.91 Å². The molecule has 1 heterocycles. The van der Waals surface area contributed by atoms with Gasteiger partial charge >= 0.3 is 0 Å². The van der Waals surface area contributed by atoms with Crippen LogP contribution in [0.4, 0.5) is 0 Å². The molecular weight excluding hydrogens is 352 g/mol. The molecule has 0 saturated carbocycles. The van der Waals surface area contributed by atoms with Gasteiger partial charge < -0.3 is 20.3 Å². The maximum Gasteiger partial charge on any atom is 0.251 e. The minimum Gasteiger partial charge on any atom is -0.497 e. The van der Waals surface area contributed by atoms with Crippen LogP contribution in [0.5, 0.6) is 5.75 Å². The van der Waals surface area contributed by atoms with Crippen LogP contribution in [0.15, 0.2) is 59.6 Å². The fourth-order valence-electron chi connectivity index (χ4n) is 3.48. The van der Waals surface area contributed by atoms with Gasteiger partial charge in [0.2, 0.25) is 0 Å². The van der Waals surface area contributed by atoms with Gasteiger partial charge in [-0.25, -0.2) is 0 Å². The zero-order chi connectivity index (χ0) is 19.8. The Bertz CT molecular complexity index is 790. The topological polar surface area (TPSA) is 66.0 Å². The van der Waals surface area contributed by atoms with E-state index in [1.165, 1.54) is 5.56 Å². The normalized spacial score (nSPS) is 16.7. The summed E-state index contributed by atoms with van der Waals surface area (Å²) in [6.45, 7) is 3.10. The summed E-state index contributed by atoms with van der Waals surface area (Å²) in [5.74, 6) is 2.07. The van der Waals surface area contributed by atoms with Crippen molar-refractivity contribution >= 4 is 11.9 Å². The summed E-state index contributed by atoms with van der Waals surface area (Å²) in [5.41, 5.74) is 2.00. The van der Waals surface area contributed by atoms with Crippen molar-refractivity contribution in [1.82, 2.24) is 15.5 Å². The monoisotopic (exact) mass is 380 g/mol. The quantitative estimate of drug-likeness (QED) is 0.459. The zero-order valence-electron chi connectivity index (χ0n) is 16.5. The van der Waals surface area contributed by atoms with E-state index in [0.717, 1.165) is 31.2 Å². The predicted octanol–water partition coefficient (Wildman–Crippen LogP) is 2.49. The number of amides is 1. The number of hydrogen-bond acceptors (Lipinski definition) is 3. The van der Waals surface area contributed by atoms with E-state index >= 15 is 0 Å². The molecule has 28 heavy (non-hydrogen) atoms. The van der Waals surface area contributed by atoms with Crippen molar-refractivity contribution in [3.8, 4) is 5.75 Å². The number of likely N-dealkylation sites (tertiary alicyclic amines) is 1. The second-order valence-corrected chi connectivity index (χ2v) is 6.80. The molecule has 1 fully saturated rings. The summed E-state index contributed by atoms with van der Waals surface area (Å²) in [6, 6.07) is 17.7. The van der Waals surface area contributed by atoms with Crippen LogP contribution in [0.1, 0.15) is 28.3 Å². The average Bonchev–Trinajstić information content (AvgIpc) is 3.24. The number of guanidine groups is 1. The van der Waals surface area contributed by atoms with Crippen LogP contribution < -0.4 is 15.4 Å². The molecule has 2 aromatic rings. The lowest BCUT2D eigenvalue weighted by Crippen LogP contribution is -2.43. The van der Waals surface area contributed by atoms with E-state index in [9.17, 15) is 4.79 Å². The maximum absolute atomic E-state index is 12.2. The van der Waals surface area contributed by atoms with Gasteiger partial charge in [0, 0.05) is 44.7 Å². The smallest absolute Gasteiger partial charge is 0.251 e. The number of rotatable bonds is 6. The Morgan fingerprint density at radius 1 is 1.11 bits per heavy atom. The number of methoxy groups -OCH3 is 1. The van der Waals surface area contributed by atoms with E-state index in [4.69, 9.17) is 4.74 Å². The van der Waals surface area contributed by atoms with E-state index in [1.54, 1.807) is 38.4 Å². The molecule has 0 radical (unpaired) electrons. The van der Waals surface area contributed by atoms with E-state index < -0.39 is 0 Å². The SMILES string of the molecule is CN=C(NCCNC(=O)c1ccc(OC)cc1)N1CCC(c2ccccc2)C1. The van der Waals surface area contributed by atoms with Crippen LogP contribution in [0.2, 0.25) is 0 Å². The summed E-state index contributed by atoms with van der Waals surface area (Å²) >= 11 is 0. The first kappa shape index (κ1) is 19.7. The van der Waals surface area contributed by atoms with Crippen LogP contribution in [-0.4, -0.2) is 57.1 Å². The van der Waals surface area contributed by atoms with Crippen molar-refractivity contribution in [2.24, 2.45) is 4.99 Å². The predicted molar refractivity (Wildman–Crippen MR) is 112 cm³/mol. The fraction of sp³-hybridized carbons (Fsp3) is 0.364. The van der Waals surface area contributed by atoms with Gasteiger partial charge in [-0.1, -0.05) is 30.3 Å². The first-order valence-electron chi connectivity index (χ1n) is 9.64. The van der Waals surface area contributed by atoms with E-state index in [1.807, 2.05) is 0 Å². The molecule has 6 heteroatoms. The number of ether oxygens (including phenoxy) is 1. The van der Waals surface area contributed by atoms with Crippen molar-refractivity contribution in [2.45, 2.75) is 12.3 Å². The first-order valence-corrected chi connectivity index (χ1v) is 9.64. The van der Waals surface area contributed by atoms with Crippen LogP contribution in [0.3, 0.4) is 0 Å². The molecule has 0 bridgehead atoms. The highest BCUT2D eigenvalue weighted by Crippen LogP contribution is 2.26. The van der Waals surface area contributed by atoms with Crippen LogP contribution in [0.25, 0.3) is 0 Å². The lowest BCUT2D eigenvalue weighted by molar-refractivity contribution is 0.0954. The molecule has 2 N–H and O–H groups in total. The Hall–Kier alpha value is -3.02. The molecule has 1 unspecified atom stereocenters. The Morgan fingerprint density at radius 2 is 1.82 bits per heavy atom. The maximum atomic E-state index is 12.2. The third-order valence-electron chi connectivity index (χ3n) is 5.02. The number of hydrogen-bond donors (Lipinski definition) is 2. The number of carbonyl (C=O) groups excluding carboxylic acids is 1. The number of aliphatic imine (C=N–C) groups is 1. The number of nitrogens with zero attached hydrogens (tertiary/aromatic N) is 2. The summed E-state index contributed by atoms with van der Waals surface area (Å²) < 4.78 is 5.11. The number of nitrogens with one attached hydrogen (secondary N) is 2. The molecule has 1 aliphatic rings. The molecule has 0 spiro atoms. The van der Waals surface area contributed by atoms with Crippen LogP contribution in [0, 0.1) is 0 Å². The van der Waals surface area contributed by atoms with E-state index in [-0.39, 0.29) is 5.91 Å². The highest BCUT2D eigenvalue weighted by Gasteiger charge is 2.25. The lowest BCUT2D eigenvalue weighted by atomic mass is 9.99. The third kappa shape index (κ3) is 5.03. The van der Waals surface area contributed by atoms with Crippen molar-refractivity contribution in [3.05, 3.63) is 65.7 Å². The molecule has 148 valence electrons. The molecule has 1 atom stereocenters. The first-order chi connectivity index (χ1) is 13.7. The second kappa shape index (κ2) is 9.78. The Balaban J connectivity index is 1.42. The van der Waals surface area contributed by atoms with E-state index in [2.05, 4.69) is 50.9 Å². The summed E-state index contributed by atoms with van der Waals surface area (Å²) in [4.78, 5) is 18.9. The van der Waals surface area contributed by atoms with E-state index in [0.29, 0.717) is 24.6 Å². The van der Waals surface area contributed by atoms with Gasteiger partial charge in [0.1, 0.15) is 5.75 Å². The fourth-order valence-corrected chi connectivity index (χ4v) is 3.48. The van der Waals surface area contributed by atoms with Gasteiger partial charge in [-0.15, -0.1) is 0 Å². The molecule has 1 saturated heterocycles.